The Morgan fingerprint density at radius 2 is 2.29 bits per heavy atom. The molecule has 7 heteroatoms. The average molecular weight is 278 g/mol. The molecule has 17 heavy (non-hydrogen) atoms. The lowest BCUT2D eigenvalue weighted by Gasteiger charge is -2.00. The molecule has 98 valence electrons. The molecule has 5 nitrogen and oxygen atoms in total. The molecule has 0 fully saturated rings. The van der Waals surface area contributed by atoms with Gasteiger partial charge in [0, 0.05) is 37.0 Å². The van der Waals surface area contributed by atoms with Gasteiger partial charge >= 0.3 is 0 Å². The second-order valence-corrected chi connectivity index (χ2v) is 7.12. The van der Waals surface area contributed by atoms with E-state index in [1.165, 1.54) is 11.3 Å². The zero-order chi connectivity index (χ0) is 12.7. The highest BCUT2D eigenvalue weighted by Gasteiger charge is 2.12. The van der Waals surface area contributed by atoms with Crippen molar-refractivity contribution in [1.29, 1.82) is 0 Å². The SMILES string of the molecule is CCS(=O)(=O)Cc1ncc(CNCCOC)s1. The van der Waals surface area contributed by atoms with E-state index in [0.29, 0.717) is 18.2 Å². The van der Waals surface area contributed by atoms with E-state index in [0.717, 1.165) is 11.4 Å². The van der Waals surface area contributed by atoms with E-state index in [9.17, 15) is 8.42 Å². The molecule has 0 atom stereocenters. The van der Waals surface area contributed by atoms with Crippen molar-refractivity contribution >= 4 is 21.2 Å². The normalized spacial score (nSPS) is 11.9. The maximum Gasteiger partial charge on any atom is 0.156 e. The highest BCUT2D eigenvalue weighted by Crippen LogP contribution is 2.15. The number of thiazole rings is 1. The molecular weight excluding hydrogens is 260 g/mol. The molecule has 1 aromatic rings. The van der Waals surface area contributed by atoms with Crippen molar-refractivity contribution < 1.29 is 13.2 Å². The van der Waals surface area contributed by atoms with Gasteiger partial charge in [-0.25, -0.2) is 13.4 Å². The van der Waals surface area contributed by atoms with Crippen molar-refractivity contribution in [3.05, 3.63) is 16.1 Å². The van der Waals surface area contributed by atoms with Crippen molar-refractivity contribution in [2.45, 2.75) is 19.2 Å². The fraction of sp³-hybridized carbons (Fsp3) is 0.700. The zero-order valence-corrected chi connectivity index (χ0v) is 11.7. The largest absolute Gasteiger partial charge is 0.383 e. The van der Waals surface area contributed by atoms with Gasteiger partial charge in [-0.15, -0.1) is 11.3 Å². The standard InChI is InChI=1S/C10H18N2O3S2/c1-3-17(13,14)8-10-12-7-9(16-10)6-11-4-5-15-2/h7,11H,3-6,8H2,1-2H3. The summed E-state index contributed by atoms with van der Waals surface area (Å²) in [4.78, 5) is 5.16. The molecule has 1 N–H and O–H groups in total. The number of methoxy groups -OCH3 is 1. The summed E-state index contributed by atoms with van der Waals surface area (Å²) in [7, 11) is -1.33. The minimum absolute atomic E-state index is 0.0479. The van der Waals surface area contributed by atoms with Gasteiger partial charge in [0.25, 0.3) is 0 Å². The summed E-state index contributed by atoms with van der Waals surface area (Å²) < 4.78 is 27.7. The lowest BCUT2D eigenvalue weighted by Crippen LogP contribution is -2.17. The van der Waals surface area contributed by atoms with Gasteiger partial charge in [0.05, 0.1) is 6.61 Å². The van der Waals surface area contributed by atoms with Gasteiger partial charge in [-0.3, -0.25) is 0 Å². The van der Waals surface area contributed by atoms with Crippen LogP contribution in [0, 0.1) is 0 Å². The first-order valence-electron chi connectivity index (χ1n) is 5.41. The van der Waals surface area contributed by atoms with Crippen molar-refractivity contribution in [2.24, 2.45) is 0 Å². The third kappa shape index (κ3) is 5.58. The second kappa shape index (κ2) is 7.05. The van der Waals surface area contributed by atoms with Gasteiger partial charge in [-0.1, -0.05) is 6.92 Å². The van der Waals surface area contributed by atoms with Crippen LogP contribution in [0.1, 0.15) is 16.8 Å². The van der Waals surface area contributed by atoms with Crippen molar-refractivity contribution in [3.8, 4) is 0 Å². The lowest BCUT2D eigenvalue weighted by atomic mass is 10.5. The van der Waals surface area contributed by atoms with Gasteiger partial charge in [0.1, 0.15) is 10.8 Å². The van der Waals surface area contributed by atoms with Crippen LogP contribution in [0.3, 0.4) is 0 Å². The predicted molar refractivity (Wildman–Crippen MR) is 68.9 cm³/mol. The smallest absolute Gasteiger partial charge is 0.156 e. The fourth-order valence-corrected chi connectivity index (χ4v) is 3.29. The van der Waals surface area contributed by atoms with Crippen LogP contribution in [0.5, 0.6) is 0 Å². The summed E-state index contributed by atoms with van der Waals surface area (Å²) >= 11 is 1.44. The molecular formula is C10H18N2O3S2. The van der Waals surface area contributed by atoms with E-state index in [1.807, 2.05) is 0 Å². The van der Waals surface area contributed by atoms with E-state index >= 15 is 0 Å². The number of nitrogens with one attached hydrogen (secondary N) is 1. The molecule has 0 aromatic carbocycles. The number of aromatic nitrogens is 1. The first-order chi connectivity index (χ1) is 8.07. The van der Waals surface area contributed by atoms with Crippen molar-refractivity contribution in [3.63, 3.8) is 0 Å². The number of ether oxygens (including phenoxy) is 1. The van der Waals surface area contributed by atoms with E-state index in [2.05, 4.69) is 10.3 Å². The third-order valence-electron chi connectivity index (χ3n) is 2.17. The Balaban J connectivity index is 2.43. The Kier molecular flexibility index (Phi) is 6.04. The van der Waals surface area contributed by atoms with Crippen LogP contribution in [0.2, 0.25) is 0 Å². The summed E-state index contributed by atoms with van der Waals surface area (Å²) in [6.07, 6.45) is 1.73. The molecule has 0 spiro atoms. The van der Waals surface area contributed by atoms with Gasteiger partial charge in [-0.2, -0.15) is 0 Å². The van der Waals surface area contributed by atoms with E-state index < -0.39 is 9.84 Å². The molecule has 0 aliphatic carbocycles. The number of nitrogens with zero attached hydrogens (tertiary/aromatic N) is 1. The summed E-state index contributed by atoms with van der Waals surface area (Å²) in [6.45, 7) is 3.79. The van der Waals surface area contributed by atoms with E-state index in [1.54, 1.807) is 20.2 Å². The minimum atomic E-state index is -2.98. The second-order valence-electron chi connectivity index (χ2n) is 3.57. The summed E-state index contributed by atoms with van der Waals surface area (Å²) in [5.41, 5.74) is 0. The summed E-state index contributed by atoms with van der Waals surface area (Å²) in [5.74, 6) is 0.209. The number of sulfone groups is 1. The zero-order valence-electron chi connectivity index (χ0n) is 10.1. The Bertz CT molecular complexity index is 429. The quantitative estimate of drug-likeness (QED) is 0.713. The highest BCUT2D eigenvalue weighted by molar-refractivity contribution is 7.90. The molecule has 0 saturated heterocycles. The summed E-state index contributed by atoms with van der Waals surface area (Å²) in [5, 5.41) is 3.85. The Morgan fingerprint density at radius 3 is 2.94 bits per heavy atom. The molecule has 0 aliphatic heterocycles. The molecule has 1 rings (SSSR count). The minimum Gasteiger partial charge on any atom is -0.383 e. The van der Waals surface area contributed by atoms with Crippen molar-refractivity contribution in [1.82, 2.24) is 10.3 Å². The molecule has 1 heterocycles. The van der Waals surface area contributed by atoms with Gasteiger partial charge < -0.3 is 10.1 Å². The topological polar surface area (TPSA) is 68.3 Å². The summed E-state index contributed by atoms with van der Waals surface area (Å²) in [6, 6.07) is 0. The van der Waals surface area contributed by atoms with Crippen LogP contribution in [0.15, 0.2) is 6.20 Å². The number of hydrogen-bond acceptors (Lipinski definition) is 6. The van der Waals surface area contributed by atoms with Gasteiger partial charge in [0.2, 0.25) is 0 Å². The highest BCUT2D eigenvalue weighted by atomic mass is 32.2. The molecule has 0 unspecified atom stereocenters. The van der Waals surface area contributed by atoms with Crippen LogP contribution >= 0.6 is 11.3 Å². The monoisotopic (exact) mass is 278 g/mol. The van der Waals surface area contributed by atoms with Crippen LogP contribution < -0.4 is 5.32 Å². The number of hydrogen-bond donors (Lipinski definition) is 1. The Hall–Kier alpha value is -0.500. The molecule has 0 aliphatic rings. The molecule has 0 bridgehead atoms. The van der Waals surface area contributed by atoms with Crippen molar-refractivity contribution in [2.75, 3.05) is 26.0 Å². The molecule has 0 amide bonds. The molecule has 0 saturated carbocycles. The van der Waals surface area contributed by atoms with E-state index in [-0.39, 0.29) is 11.5 Å². The van der Waals surface area contributed by atoms with Gasteiger partial charge in [0.15, 0.2) is 9.84 Å². The first kappa shape index (κ1) is 14.6. The van der Waals surface area contributed by atoms with E-state index in [4.69, 9.17) is 4.74 Å². The van der Waals surface area contributed by atoms with Crippen LogP contribution in [-0.4, -0.2) is 39.4 Å². The van der Waals surface area contributed by atoms with Crippen LogP contribution in [-0.2, 0) is 26.9 Å². The predicted octanol–water partition coefficient (Wildman–Crippen LogP) is 0.814. The Labute approximate surface area is 106 Å². The van der Waals surface area contributed by atoms with Crippen LogP contribution in [0.25, 0.3) is 0 Å². The fourth-order valence-electron chi connectivity index (χ4n) is 1.17. The lowest BCUT2D eigenvalue weighted by molar-refractivity contribution is 0.199. The maximum atomic E-state index is 11.4. The Morgan fingerprint density at radius 1 is 1.53 bits per heavy atom. The first-order valence-corrected chi connectivity index (χ1v) is 8.05. The molecule has 0 radical (unpaired) electrons. The number of rotatable bonds is 8. The maximum absolute atomic E-state index is 11.4. The van der Waals surface area contributed by atoms with Crippen LogP contribution in [0.4, 0.5) is 0 Å². The average Bonchev–Trinajstić information content (AvgIpc) is 2.71. The third-order valence-corrected chi connectivity index (χ3v) is 4.94. The van der Waals surface area contributed by atoms with Gasteiger partial charge in [-0.05, 0) is 0 Å². The molecule has 1 aromatic heterocycles.